The Balaban J connectivity index is 1.76. The summed E-state index contributed by atoms with van der Waals surface area (Å²) in [5.41, 5.74) is 4.72. The van der Waals surface area contributed by atoms with Crippen LogP contribution in [-0.2, 0) is 6.54 Å². The minimum Gasteiger partial charge on any atom is -0.345 e. The summed E-state index contributed by atoms with van der Waals surface area (Å²) in [5, 5.41) is 4.34. The summed E-state index contributed by atoms with van der Waals surface area (Å²) in [7, 11) is 2.07. The number of nitrogens with one attached hydrogen (secondary N) is 1. The molecule has 0 spiro atoms. The highest BCUT2D eigenvalue weighted by atomic mass is 35.5. The van der Waals surface area contributed by atoms with Crippen LogP contribution in [0.15, 0.2) is 42.5 Å². The highest BCUT2D eigenvalue weighted by molar-refractivity contribution is 6.31. The van der Waals surface area contributed by atoms with Crippen LogP contribution in [0.2, 0.25) is 5.02 Å². The van der Waals surface area contributed by atoms with Gasteiger partial charge in [-0.2, -0.15) is 0 Å². The molecule has 0 amide bonds. The van der Waals surface area contributed by atoms with Gasteiger partial charge >= 0.3 is 0 Å². The number of hydrogen-bond donors (Lipinski definition) is 1. The topological polar surface area (TPSA) is 15.3 Å². The first kappa shape index (κ1) is 14.4. The Labute approximate surface area is 131 Å². The Morgan fingerprint density at radius 1 is 1.14 bits per heavy atom. The number of halogens is 1. The van der Waals surface area contributed by atoms with Gasteiger partial charge in [0.25, 0.3) is 0 Å². The van der Waals surface area contributed by atoms with E-state index >= 15 is 0 Å². The second-order valence-corrected chi connectivity index (χ2v) is 6.24. The molecule has 2 aromatic rings. The molecule has 2 aromatic carbocycles. The second kappa shape index (κ2) is 6.08. The molecule has 2 nitrogen and oxygen atoms in total. The molecular weight excluding hydrogens is 280 g/mol. The van der Waals surface area contributed by atoms with Crippen molar-refractivity contribution in [2.75, 3.05) is 11.9 Å². The van der Waals surface area contributed by atoms with Gasteiger partial charge in [0.2, 0.25) is 0 Å². The first-order valence-electron chi connectivity index (χ1n) is 7.46. The molecule has 3 heteroatoms. The average molecular weight is 301 g/mol. The van der Waals surface area contributed by atoms with Crippen LogP contribution in [0.5, 0.6) is 0 Å². The smallest absolute Gasteiger partial charge is 0.0471 e. The van der Waals surface area contributed by atoms with Crippen LogP contribution in [0.1, 0.15) is 24.0 Å². The number of anilines is 2. The molecule has 0 heterocycles. The highest BCUT2D eigenvalue weighted by Crippen LogP contribution is 2.29. The molecule has 0 bridgehead atoms. The van der Waals surface area contributed by atoms with Gasteiger partial charge in [-0.1, -0.05) is 29.8 Å². The maximum atomic E-state index is 6.43. The van der Waals surface area contributed by atoms with E-state index in [0.29, 0.717) is 6.04 Å². The predicted octanol–water partition coefficient (Wildman–Crippen LogP) is 4.67. The normalized spacial score (nSPS) is 14.2. The minimum atomic E-state index is 0.704. The van der Waals surface area contributed by atoms with Crippen LogP contribution >= 0.6 is 11.6 Å². The van der Waals surface area contributed by atoms with Gasteiger partial charge in [0, 0.05) is 36.0 Å². The van der Waals surface area contributed by atoms with E-state index in [1.165, 1.54) is 29.7 Å². The Hall–Kier alpha value is -1.51. The largest absolute Gasteiger partial charge is 0.345 e. The molecule has 0 aliphatic heterocycles. The molecule has 21 heavy (non-hydrogen) atoms. The Morgan fingerprint density at radius 3 is 2.57 bits per heavy atom. The van der Waals surface area contributed by atoms with Gasteiger partial charge in [-0.05, 0) is 55.2 Å². The Kier molecular flexibility index (Phi) is 4.18. The van der Waals surface area contributed by atoms with Crippen LogP contribution in [0.3, 0.4) is 0 Å². The fourth-order valence-corrected chi connectivity index (χ4v) is 2.66. The SMILES string of the molecule is Cc1cccc(N(C)c2ccc(CNC3CC3)c(Cl)c2)c1. The van der Waals surface area contributed by atoms with E-state index in [4.69, 9.17) is 11.6 Å². The van der Waals surface area contributed by atoms with Crippen molar-refractivity contribution in [3.8, 4) is 0 Å². The summed E-state index contributed by atoms with van der Waals surface area (Å²) in [5.74, 6) is 0. The van der Waals surface area contributed by atoms with Gasteiger partial charge in [-0.15, -0.1) is 0 Å². The molecule has 0 radical (unpaired) electrons. The molecule has 1 saturated carbocycles. The van der Waals surface area contributed by atoms with Crippen molar-refractivity contribution in [3.05, 3.63) is 58.6 Å². The van der Waals surface area contributed by atoms with Gasteiger partial charge in [0.15, 0.2) is 0 Å². The number of benzene rings is 2. The summed E-state index contributed by atoms with van der Waals surface area (Å²) in [6.07, 6.45) is 2.59. The van der Waals surface area contributed by atoms with E-state index < -0.39 is 0 Å². The number of nitrogens with zero attached hydrogens (tertiary/aromatic N) is 1. The van der Waals surface area contributed by atoms with E-state index in [-0.39, 0.29) is 0 Å². The predicted molar refractivity (Wildman–Crippen MR) is 90.6 cm³/mol. The van der Waals surface area contributed by atoms with Crippen LogP contribution in [0.25, 0.3) is 0 Å². The van der Waals surface area contributed by atoms with Crippen molar-refractivity contribution in [1.82, 2.24) is 5.32 Å². The quantitative estimate of drug-likeness (QED) is 0.863. The van der Waals surface area contributed by atoms with Crippen molar-refractivity contribution in [3.63, 3.8) is 0 Å². The summed E-state index contributed by atoms with van der Waals surface area (Å²) in [6, 6.07) is 15.5. The van der Waals surface area contributed by atoms with E-state index in [1.807, 2.05) is 6.07 Å². The van der Waals surface area contributed by atoms with E-state index in [9.17, 15) is 0 Å². The average Bonchev–Trinajstić information content (AvgIpc) is 3.29. The maximum Gasteiger partial charge on any atom is 0.0471 e. The minimum absolute atomic E-state index is 0.704. The molecule has 3 rings (SSSR count). The van der Waals surface area contributed by atoms with Crippen molar-refractivity contribution in [2.45, 2.75) is 32.4 Å². The standard InChI is InChI=1S/C18H21ClN2/c1-13-4-3-5-16(10-13)21(2)17-9-6-14(18(19)11-17)12-20-15-7-8-15/h3-6,9-11,15,20H,7-8,12H2,1-2H3. The Bertz CT molecular complexity index is 635. The molecule has 1 aliphatic rings. The van der Waals surface area contributed by atoms with Crippen LogP contribution in [-0.4, -0.2) is 13.1 Å². The van der Waals surface area contributed by atoms with E-state index in [1.54, 1.807) is 0 Å². The van der Waals surface area contributed by atoms with Crippen LogP contribution in [0.4, 0.5) is 11.4 Å². The molecule has 0 atom stereocenters. The fraction of sp³-hybridized carbons (Fsp3) is 0.333. The van der Waals surface area contributed by atoms with E-state index in [0.717, 1.165) is 17.3 Å². The van der Waals surface area contributed by atoms with Crippen molar-refractivity contribution in [1.29, 1.82) is 0 Å². The molecule has 1 fully saturated rings. The molecule has 1 N–H and O–H groups in total. The van der Waals surface area contributed by atoms with Crippen LogP contribution in [0, 0.1) is 6.92 Å². The molecule has 110 valence electrons. The second-order valence-electron chi connectivity index (χ2n) is 5.83. The fourth-order valence-electron chi connectivity index (χ4n) is 2.42. The zero-order chi connectivity index (χ0) is 14.8. The molecule has 0 aromatic heterocycles. The summed E-state index contributed by atoms with van der Waals surface area (Å²) in [6.45, 7) is 2.97. The number of aryl methyl sites for hydroxylation is 1. The molecule has 0 saturated heterocycles. The lowest BCUT2D eigenvalue weighted by molar-refractivity contribution is 0.688. The van der Waals surface area contributed by atoms with Gasteiger partial charge in [-0.3, -0.25) is 0 Å². The lowest BCUT2D eigenvalue weighted by Crippen LogP contribution is -2.16. The third kappa shape index (κ3) is 3.58. The number of rotatable bonds is 5. The molecular formula is C18H21ClN2. The summed E-state index contributed by atoms with van der Waals surface area (Å²) >= 11 is 6.43. The first-order valence-corrected chi connectivity index (χ1v) is 7.83. The zero-order valence-corrected chi connectivity index (χ0v) is 13.3. The Morgan fingerprint density at radius 2 is 1.90 bits per heavy atom. The summed E-state index contributed by atoms with van der Waals surface area (Å²) in [4.78, 5) is 2.16. The summed E-state index contributed by atoms with van der Waals surface area (Å²) < 4.78 is 0. The van der Waals surface area contributed by atoms with Gasteiger partial charge < -0.3 is 10.2 Å². The van der Waals surface area contributed by atoms with Crippen molar-refractivity contribution >= 4 is 23.0 Å². The van der Waals surface area contributed by atoms with Crippen molar-refractivity contribution in [2.24, 2.45) is 0 Å². The highest BCUT2D eigenvalue weighted by Gasteiger charge is 2.20. The third-order valence-electron chi connectivity index (χ3n) is 3.97. The van der Waals surface area contributed by atoms with Gasteiger partial charge in [0.05, 0.1) is 0 Å². The lowest BCUT2D eigenvalue weighted by atomic mass is 10.1. The van der Waals surface area contributed by atoms with Gasteiger partial charge in [-0.25, -0.2) is 0 Å². The molecule has 1 aliphatic carbocycles. The van der Waals surface area contributed by atoms with Crippen molar-refractivity contribution < 1.29 is 0 Å². The zero-order valence-electron chi connectivity index (χ0n) is 12.6. The molecule has 0 unspecified atom stereocenters. The van der Waals surface area contributed by atoms with Gasteiger partial charge in [0.1, 0.15) is 0 Å². The van der Waals surface area contributed by atoms with E-state index in [2.05, 4.69) is 60.6 Å². The third-order valence-corrected chi connectivity index (χ3v) is 4.32. The van der Waals surface area contributed by atoms with Crippen LogP contribution < -0.4 is 10.2 Å². The maximum absolute atomic E-state index is 6.43. The monoisotopic (exact) mass is 300 g/mol. The lowest BCUT2D eigenvalue weighted by Gasteiger charge is -2.21. The number of hydrogen-bond acceptors (Lipinski definition) is 2. The first-order chi connectivity index (χ1) is 10.1.